The third kappa shape index (κ3) is 3.35. The number of benzene rings is 1. The van der Waals surface area contributed by atoms with Gasteiger partial charge in [-0.1, -0.05) is 23.2 Å². The number of halogens is 5. The van der Waals surface area contributed by atoms with Gasteiger partial charge in [-0.2, -0.15) is 8.78 Å². The van der Waals surface area contributed by atoms with Gasteiger partial charge in [-0.3, -0.25) is 0 Å². The van der Waals surface area contributed by atoms with E-state index < -0.39 is 26.3 Å². The molecule has 0 aliphatic carbocycles. The minimum absolute atomic E-state index is 0.251. The number of hydrogen-bond donors (Lipinski definition) is 0. The molecule has 0 aromatic heterocycles. The van der Waals surface area contributed by atoms with E-state index in [0.29, 0.717) is 0 Å². The molecule has 0 saturated heterocycles. The van der Waals surface area contributed by atoms with E-state index in [9.17, 15) is 17.2 Å². The second-order valence-corrected chi connectivity index (χ2v) is 5.88. The topological polar surface area (TPSA) is 43.4 Å². The predicted molar refractivity (Wildman–Crippen MR) is 56.1 cm³/mol. The Morgan fingerprint density at radius 1 is 1.25 bits per heavy atom. The molecule has 16 heavy (non-hydrogen) atoms. The van der Waals surface area contributed by atoms with E-state index in [4.69, 9.17) is 33.9 Å². The van der Waals surface area contributed by atoms with Crippen molar-refractivity contribution in [1.29, 1.82) is 0 Å². The summed E-state index contributed by atoms with van der Waals surface area (Å²) in [6.45, 7) is -3.15. The molecule has 0 unspecified atom stereocenters. The van der Waals surface area contributed by atoms with Crippen molar-refractivity contribution in [1.82, 2.24) is 0 Å². The Morgan fingerprint density at radius 3 is 2.25 bits per heavy atom. The van der Waals surface area contributed by atoms with Crippen molar-refractivity contribution in [2.75, 3.05) is 0 Å². The van der Waals surface area contributed by atoms with E-state index in [1.807, 2.05) is 0 Å². The van der Waals surface area contributed by atoms with Gasteiger partial charge in [-0.25, -0.2) is 8.42 Å². The molecule has 0 bridgehead atoms. The van der Waals surface area contributed by atoms with E-state index >= 15 is 0 Å². The highest BCUT2D eigenvalue weighted by molar-refractivity contribution is 8.13. The van der Waals surface area contributed by atoms with Crippen LogP contribution in [0.15, 0.2) is 17.0 Å². The summed E-state index contributed by atoms with van der Waals surface area (Å²) in [6, 6.07) is 1.70. The van der Waals surface area contributed by atoms with Crippen molar-refractivity contribution in [2.45, 2.75) is 11.5 Å². The smallest absolute Gasteiger partial charge is 0.387 e. The van der Waals surface area contributed by atoms with Crippen LogP contribution in [0.4, 0.5) is 8.78 Å². The van der Waals surface area contributed by atoms with Gasteiger partial charge in [0.25, 0.3) is 9.05 Å². The molecule has 3 nitrogen and oxygen atoms in total. The van der Waals surface area contributed by atoms with Gasteiger partial charge >= 0.3 is 6.61 Å². The highest BCUT2D eigenvalue weighted by Gasteiger charge is 2.18. The molecule has 90 valence electrons. The lowest BCUT2D eigenvalue weighted by atomic mass is 10.3. The monoisotopic (exact) mass is 310 g/mol. The molecule has 0 aliphatic heterocycles. The van der Waals surface area contributed by atoms with Crippen molar-refractivity contribution < 1.29 is 21.9 Å². The second-order valence-electron chi connectivity index (χ2n) is 2.53. The summed E-state index contributed by atoms with van der Waals surface area (Å²) in [7, 11) is 0.923. The predicted octanol–water partition coefficient (Wildman–Crippen LogP) is 3.52. The Kier molecular flexibility index (Phi) is 4.23. The van der Waals surface area contributed by atoms with Gasteiger partial charge in [-0.15, -0.1) is 0 Å². The molecule has 1 rings (SSSR count). The molecule has 0 aliphatic rings. The largest absolute Gasteiger partial charge is 0.433 e. The minimum Gasteiger partial charge on any atom is -0.433 e. The van der Waals surface area contributed by atoms with Crippen LogP contribution >= 0.6 is 33.9 Å². The van der Waals surface area contributed by atoms with E-state index in [-0.39, 0.29) is 10.0 Å². The zero-order valence-corrected chi connectivity index (χ0v) is 10.3. The summed E-state index contributed by atoms with van der Waals surface area (Å²) < 4.78 is 49.8. The van der Waals surface area contributed by atoms with Crippen molar-refractivity contribution in [3.8, 4) is 5.75 Å². The summed E-state index contributed by atoms with van der Waals surface area (Å²) in [5, 5.41) is -0.565. The Hall–Kier alpha value is -0.300. The molecule has 0 atom stereocenters. The Labute approximate surface area is 104 Å². The van der Waals surface area contributed by atoms with Crippen molar-refractivity contribution in [3.05, 3.63) is 22.2 Å². The molecule has 0 amide bonds. The number of hydrogen-bond acceptors (Lipinski definition) is 3. The second kappa shape index (κ2) is 4.91. The first kappa shape index (κ1) is 13.8. The van der Waals surface area contributed by atoms with Crippen molar-refractivity contribution in [3.63, 3.8) is 0 Å². The van der Waals surface area contributed by atoms with Crippen LogP contribution in [0, 0.1) is 0 Å². The van der Waals surface area contributed by atoms with Crippen LogP contribution in [-0.4, -0.2) is 15.0 Å². The summed E-state index contributed by atoms with van der Waals surface area (Å²) in [5.41, 5.74) is 0. The first-order valence-electron chi connectivity index (χ1n) is 3.60. The van der Waals surface area contributed by atoms with Crippen LogP contribution in [0.2, 0.25) is 10.0 Å². The summed E-state index contributed by atoms with van der Waals surface area (Å²) in [6.07, 6.45) is 0. The summed E-state index contributed by atoms with van der Waals surface area (Å²) in [4.78, 5) is -0.473. The SMILES string of the molecule is O=S(=O)(Cl)c1cc(Cl)c(Cl)c(OC(F)F)c1. The maximum absolute atomic E-state index is 12.0. The van der Waals surface area contributed by atoms with E-state index in [0.717, 1.165) is 12.1 Å². The minimum atomic E-state index is -4.10. The van der Waals surface area contributed by atoms with Gasteiger partial charge in [0.2, 0.25) is 0 Å². The van der Waals surface area contributed by atoms with Crippen molar-refractivity contribution in [2.24, 2.45) is 0 Å². The van der Waals surface area contributed by atoms with Gasteiger partial charge in [0.1, 0.15) is 10.8 Å². The molecule has 1 aromatic rings. The summed E-state index contributed by atoms with van der Waals surface area (Å²) >= 11 is 11.1. The van der Waals surface area contributed by atoms with Crippen LogP contribution in [0.1, 0.15) is 0 Å². The fraction of sp³-hybridized carbons (Fsp3) is 0.143. The maximum Gasteiger partial charge on any atom is 0.387 e. The first-order chi connectivity index (χ1) is 7.21. The lowest BCUT2D eigenvalue weighted by Crippen LogP contribution is -2.03. The third-order valence-corrected chi connectivity index (χ3v) is 3.58. The molecule has 0 heterocycles. The molecule has 9 heteroatoms. The lowest BCUT2D eigenvalue weighted by Gasteiger charge is -2.09. The molecule has 0 fully saturated rings. The van der Waals surface area contributed by atoms with E-state index in [1.54, 1.807) is 0 Å². The number of ether oxygens (including phenoxy) is 1. The van der Waals surface area contributed by atoms with Crippen LogP contribution in [0.25, 0.3) is 0 Å². The molecule has 0 spiro atoms. The standard InChI is InChI=1S/C7H3Cl3F2O3S/c8-4-1-3(16(10,13)14)2-5(6(4)9)15-7(11)12/h1-2,7H. The van der Waals surface area contributed by atoms with Crippen LogP contribution < -0.4 is 4.74 Å². The number of alkyl halides is 2. The van der Waals surface area contributed by atoms with Crippen LogP contribution in [-0.2, 0) is 9.05 Å². The average Bonchev–Trinajstić information content (AvgIpc) is 2.10. The van der Waals surface area contributed by atoms with E-state index in [2.05, 4.69) is 4.74 Å². The third-order valence-electron chi connectivity index (χ3n) is 1.47. The van der Waals surface area contributed by atoms with E-state index in [1.165, 1.54) is 0 Å². The van der Waals surface area contributed by atoms with Gasteiger partial charge < -0.3 is 4.74 Å². The Morgan fingerprint density at radius 2 is 1.81 bits per heavy atom. The zero-order valence-electron chi connectivity index (χ0n) is 7.25. The Balaban J connectivity index is 3.33. The lowest BCUT2D eigenvalue weighted by molar-refractivity contribution is -0.0499. The van der Waals surface area contributed by atoms with Gasteiger partial charge in [0.05, 0.1) is 9.92 Å². The fourth-order valence-electron chi connectivity index (χ4n) is 0.863. The van der Waals surface area contributed by atoms with Crippen molar-refractivity contribution >= 4 is 42.9 Å². The molecule has 0 saturated carbocycles. The molecular formula is C7H3Cl3F2O3S. The first-order valence-corrected chi connectivity index (χ1v) is 6.67. The molecule has 0 N–H and O–H groups in total. The quantitative estimate of drug-likeness (QED) is 0.802. The van der Waals surface area contributed by atoms with Crippen LogP contribution in [0.5, 0.6) is 5.75 Å². The number of rotatable bonds is 3. The van der Waals surface area contributed by atoms with Gasteiger partial charge in [0.15, 0.2) is 0 Å². The maximum atomic E-state index is 12.0. The molecule has 1 aromatic carbocycles. The summed E-state index contributed by atoms with van der Waals surface area (Å²) in [5.74, 6) is -0.552. The fourth-order valence-corrected chi connectivity index (χ4v) is 2.07. The van der Waals surface area contributed by atoms with Crippen LogP contribution in [0.3, 0.4) is 0 Å². The van der Waals surface area contributed by atoms with Gasteiger partial charge in [-0.05, 0) is 6.07 Å². The average molecular weight is 312 g/mol. The Bertz CT molecular complexity index is 504. The van der Waals surface area contributed by atoms with Gasteiger partial charge in [0, 0.05) is 16.7 Å². The molecular weight excluding hydrogens is 308 g/mol. The molecule has 0 radical (unpaired) electrons. The highest BCUT2D eigenvalue weighted by Crippen LogP contribution is 2.36. The normalized spacial score (nSPS) is 11.9. The zero-order chi connectivity index (χ0) is 12.5. The highest BCUT2D eigenvalue weighted by atomic mass is 35.7.